The van der Waals surface area contributed by atoms with Crippen LogP contribution in [0.3, 0.4) is 0 Å². The second-order valence-corrected chi connectivity index (χ2v) is 7.21. The minimum atomic E-state index is -3.60. The van der Waals surface area contributed by atoms with E-state index in [1.807, 2.05) is 4.90 Å². The third-order valence-electron chi connectivity index (χ3n) is 2.92. The fraction of sp³-hybridized carbons (Fsp3) is 0.571. The molecule has 0 aliphatic carbocycles. The van der Waals surface area contributed by atoms with Crippen LogP contribution in [0.5, 0.6) is 0 Å². The molecule has 3 N–H and O–H groups in total. The molecule has 1 aromatic rings. The van der Waals surface area contributed by atoms with Crippen molar-refractivity contribution in [3.05, 3.63) is 30.3 Å². The molecule has 0 fully saturated rings. The smallest absolute Gasteiger partial charge is 0.241 e. The van der Waals surface area contributed by atoms with Crippen molar-refractivity contribution in [2.45, 2.75) is 24.3 Å². The van der Waals surface area contributed by atoms with Crippen molar-refractivity contribution in [3.63, 3.8) is 0 Å². The van der Waals surface area contributed by atoms with Gasteiger partial charge < -0.3 is 10.2 Å². The van der Waals surface area contributed by atoms with Gasteiger partial charge in [0.15, 0.2) is 0 Å². The van der Waals surface area contributed by atoms with Crippen LogP contribution in [-0.2, 0) is 10.0 Å². The predicted octanol–water partition coefficient (Wildman–Crippen LogP) is 0.0301. The molecule has 0 aliphatic heterocycles. The average Bonchev–Trinajstić information content (AvgIpc) is 2.38. The maximum Gasteiger partial charge on any atom is 0.241 e. The van der Waals surface area contributed by atoms with E-state index in [0.29, 0.717) is 19.6 Å². The van der Waals surface area contributed by atoms with Crippen LogP contribution >= 0.6 is 0 Å². The summed E-state index contributed by atoms with van der Waals surface area (Å²) in [6.45, 7) is 4.63. The molecule has 0 bridgehead atoms. The minimum absolute atomic E-state index is 0.0402. The van der Waals surface area contributed by atoms with Crippen LogP contribution in [0.4, 0.5) is 0 Å². The fourth-order valence-corrected chi connectivity index (χ4v) is 3.59. The van der Waals surface area contributed by atoms with Gasteiger partial charge in [-0.2, -0.15) is 0 Å². The van der Waals surface area contributed by atoms with Gasteiger partial charge in [0.05, 0.1) is 18.1 Å². The third kappa shape index (κ3) is 6.11. The molecule has 1 aromatic carbocycles. The van der Waals surface area contributed by atoms with Crippen molar-refractivity contribution >= 4 is 10.0 Å². The van der Waals surface area contributed by atoms with Crippen molar-refractivity contribution in [2.24, 2.45) is 0 Å². The molecule has 0 radical (unpaired) electrons. The summed E-state index contributed by atoms with van der Waals surface area (Å²) in [5, 5.41) is 18.0. The minimum Gasteiger partial charge on any atom is -0.395 e. The lowest BCUT2D eigenvalue weighted by molar-refractivity contribution is 0.139. The van der Waals surface area contributed by atoms with Crippen LogP contribution in [0.1, 0.15) is 13.8 Å². The lowest BCUT2D eigenvalue weighted by Gasteiger charge is -2.32. The van der Waals surface area contributed by atoms with Crippen LogP contribution in [0.2, 0.25) is 0 Å². The highest BCUT2D eigenvalue weighted by Gasteiger charge is 2.28. The van der Waals surface area contributed by atoms with Crippen molar-refractivity contribution in [1.82, 2.24) is 9.62 Å². The van der Waals surface area contributed by atoms with Crippen molar-refractivity contribution in [1.29, 1.82) is 0 Å². The molecule has 0 amide bonds. The molecular formula is C14H24N2O4S. The summed E-state index contributed by atoms with van der Waals surface area (Å²) in [5.74, 6) is 0. The largest absolute Gasteiger partial charge is 0.395 e. The van der Waals surface area contributed by atoms with E-state index < -0.39 is 15.6 Å². The first-order valence-corrected chi connectivity index (χ1v) is 8.32. The van der Waals surface area contributed by atoms with Gasteiger partial charge in [0, 0.05) is 25.2 Å². The highest BCUT2D eigenvalue weighted by molar-refractivity contribution is 7.89. The molecular weight excluding hydrogens is 292 g/mol. The molecule has 0 saturated carbocycles. The lowest BCUT2D eigenvalue weighted by atomic mass is 10.1. The van der Waals surface area contributed by atoms with Crippen molar-refractivity contribution in [3.8, 4) is 0 Å². The number of sulfonamides is 1. The van der Waals surface area contributed by atoms with E-state index in [1.165, 1.54) is 12.1 Å². The second-order valence-electron chi connectivity index (χ2n) is 5.53. The zero-order chi connectivity index (χ0) is 15.9. The van der Waals surface area contributed by atoms with E-state index in [1.54, 1.807) is 32.0 Å². The van der Waals surface area contributed by atoms with Gasteiger partial charge >= 0.3 is 0 Å². The molecule has 120 valence electrons. The number of hydrogen-bond acceptors (Lipinski definition) is 5. The number of hydrogen-bond donors (Lipinski definition) is 3. The number of rotatable bonds is 9. The van der Waals surface area contributed by atoms with E-state index in [0.717, 1.165) is 0 Å². The van der Waals surface area contributed by atoms with Crippen LogP contribution < -0.4 is 4.72 Å². The summed E-state index contributed by atoms with van der Waals surface area (Å²) in [7, 11) is -3.60. The number of benzene rings is 1. The van der Waals surface area contributed by atoms with E-state index in [-0.39, 0.29) is 18.1 Å². The summed E-state index contributed by atoms with van der Waals surface area (Å²) in [5.41, 5.74) is -0.723. The van der Waals surface area contributed by atoms with Gasteiger partial charge in [-0.15, -0.1) is 0 Å². The SMILES string of the molecule is CC(C)(CN(CCO)CCO)NS(=O)(=O)c1ccccc1. The summed E-state index contributed by atoms with van der Waals surface area (Å²) in [4.78, 5) is 2.03. The zero-order valence-electron chi connectivity index (χ0n) is 12.5. The Morgan fingerprint density at radius 2 is 1.62 bits per heavy atom. The Balaban J connectivity index is 2.79. The van der Waals surface area contributed by atoms with Gasteiger partial charge in [-0.1, -0.05) is 18.2 Å². The number of aliphatic hydroxyl groups excluding tert-OH is 2. The first kappa shape index (κ1) is 18.1. The first-order chi connectivity index (χ1) is 9.80. The van der Waals surface area contributed by atoms with Gasteiger partial charge in [0.1, 0.15) is 0 Å². The Morgan fingerprint density at radius 3 is 2.10 bits per heavy atom. The summed E-state index contributed by atoms with van der Waals surface area (Å²) < 4.78 is 27.3. The topological polar surface area (TPSA) is 89.9 Å². The maximum atomic E-state index is 12.3. The van der Waals surface area contributed by atoms with Gasteiger partial charge in [-0.05, 0) is 26.0 Å². The molecule has 7 heteroatoms. The van der Waals surface area contributed by atoms with Crippen LogP contribution in [0, 0.1) is 0 Å². The number of nitrogens with zero attached hydrogens (tertiary/aromatic N) is 1. The molecule has 0 atom stereocenters. The molecule has 0 aliphatic rings. The molecule has 0 heterocycles. The zero-order valence-corrected chi connectivity index (χ0v) is 13.3. The maximum absolute atomic E-state index is 12.3. The van der Waals surface area contributed by atoms with E-state index in [2.05, 4.69) is 4.72 Å². The van der Waals surface area contributed by atoms with Gasteiger partial charge in [-0.25, -0.2) is 13.1 Å². The molecule has 0 aromatic heterocycles. The third-order valence-corrected chi connectivity index (χ3v) is 4.63. The van der Waals surface area contributed by atoms with Crippen LogP contribution in [-0.4, -0.2) is 61.9 Å². The van der Waals surface area contributed by atoms with E-state index in [9.17, 15) is 8.42 Å². The number of aliphatic hydroxyl groups is 2. The predicted molar refractivity (Wildman–Crippen MR) is 81.5 cm³/mol. The average molecular weight is 316 g/mol. The normalized spacial score (nSPS) is 12.8. The lowest BCUT2D eigenvalue weighted by Crippen LogP contribution is -2.52. The van der Waals surface area contributed by atoms with Gasteiger partial charge in [-0.3, -0.25) is 4.90 Å². The Bertz CT molecular complexity index is 511. The first-order valence-electron chi connectivity index (χ1n) is 6.84. The highest BCUT2D eigenvalue weighted by Crippen LogP contribution is 2.13. The Kier molecular flexibility index (Phi) is 6.76. The molecule has 0 saturated heterocycles. The molecule has 6 nitrogen and oxygen atoms in total. The Hall–Kier alpha value is -0.990. The molecule has 0 unspecified atom stereocenters. The summed E-state index contributed by atoms with van der Waals surface area (Å²) >= 11 is 0. The van der Waals surface area contributed by atoms with Crippen molar-refractivity contribution in [2.75, 3.05) is 32.8 Å². The summed E-state index contributed by atoms with van der Waals surface area (Å²) in [6, 6.07) is 8.18. The Labute approximate surface area is 126 Å². The van der Waals surface area contributed by atoms with Crippen LogP contribution in [0.25, 0.3) is 0 Å². The fourth-order valence-electron chi connectivity index (χ4n) is 2.17. The quantitative estimate of drug-likeness (QED) is 0.598. The molecule has 21 heavy (non-hydrogen) atoms. The van der Waals surface area contributed by atoms with Crippen LogP contribution in [0.15, 0.2) is 35.2 Å². The Morgan fingerprint density at radius 1 is 1.10 bits per heavy atom. The standard InChI is InChI=1S/C14H24N2O4S/c1-14(2,12-16(8-10-17)9-11-18)15-21(19,20)13-6-4-3-5-7-13/h3-7,15,17-18H,8-12H2,1-2H3. The number of nitrogens with one attached hydrogen (secondary N) is 1. The van der Waals surface area contributed by atoms with Gasteiger partial charge in [0.25, 0.3) is 0 Å². The second kappa shape index (κ2) is 7.86. The highest BCUT2D eigenvalue weighted by atomic mass is 32.2. The van der Waals surface area contributed by atoms with Crippen molar-refractivity contribution < 1.29 is 18.6 Å². The molecule has 1 rings (SSSR count). The van der Waals surface area contributed by atoms with E-state index >= 15 is 0 Å². The molecule has 0 spiro atoms. The monoisotopic (exact) mass is 316 g/mol. The summed E-state index contributed by atoms with van der Waals surface area (Å²) in [6.07, 6.45) is 0. The van der Waals surface area contributed by atoms with Gasteiger partial charge in [0.2, 0.25) is 10.0 Å². The van der Waals surface area contributed by atoms with E-state index in [4.69, 9.17) is 10.2 Å².